The number of hydrogen-bond donors (Lipinski definition) is 0. The van der Waals surface area contributed by atoms with Crippen molar-refractivity contribution in [1.82, 2.24) is 14.8 Å². The van der Waals surface area contributed by atoms with Crippen LogP contribution >= 0.6 is 22.7 Å². The highest BCUT2D eigenvalue weighted by Crippen LogP contribution is 2.26. The van der Waals surface area contributed by atoms with E-state index in [4.69, 9.17) is 9.47 Å². The van der Waals surface area contributed by atoms with Gasteiger partial charge in [0, 0.05) is 49.0 Å². The Bertz CT molecular complexity index is 917. The summed E-state index contributed by atoms with van der Waals surface area (Å²) in [4.78, 5) is 21.5. The zero-order chi connectivity index (χ0) is 20.1. The molecule has 1 aromatic carbocycles. The van der Waals surface area contributed by atoms with Crippen LogP contribution in [0.2, 0.25) is 0 Å². The third-order valence-electron chi connectivity index (χ3n) is 4.89. The quantitative estimate of drug-likeness (QED) is 0.573. The lowest BCUT2D eigenvalue weighted by Crippen LogP contribution is -2.49. The van der Waals surface area contributed by atoms with Crippen LogP contribution in [0.4, 0.5) is 0 Å². The standard InChI is InChI=1S/C21H23N3O3S2/c1-26-17-2-4-18(5-3-17)27-12-11-23-7-9-24(10-8-23)21(25)19-15-29-20(22-19)16-6-13-28-14-16/h2-6,13-15H,7-12H2,1H3. The van der Waals surface area contributed by atoms with Gasteiger partial charge in [-0.25, -0.2) is 4.98 Å². The molecule has 3 aromatic rings. The Morgan fingerprint density at radius 2 is 1.83 bits per heavy atom. The molecule has 2 aromatic heterocycles. The number of benzene rings is 1. The lowest BCUT2D eigenvalue weighted by Gasteiger charge is -2.34. The number of thiazole rings is 1. The van der Waals surface area contributed by atoms with Crippen molar-refractivity contribution in [3.8, 4) is 22.1 Å². The summed E-state index contributed by atoms with van der Waals surface area (Å²) in [5.74, 6) is 1.68. The predicted molar refractivity (Wildman–Crippen MR) is 116 cm³/mol. The van der Waals surface area contributed by atoms with Gasteiger partial charge in [0.25, 0.3) is 5.91 Å². The summed E-state index contributed by atoms with van der Waals surface area (Å²) in [5, 5.41) is 6.85. The van der Waals surface area contributed by atoms with Crippen molar-refractivity contribution in [1.29, 1.82) is 0 Å². The Morgan fingerprint density at radius 3 is 2.52 bits per heavy atom. The zero-order valence-corrected chi connectivity index (χ0v) is 17.9. The van der Waals surface area contributed by atoms with Gasteiger partial charge in [-0.05, 0) is 35.7 Å². The second-order valence-corrected chi connectivity index (χ2v) is 8.35. The van der Waals surface area contributed by atoms with Crippen molar-refractivity contribution >= 4 is 28.6 Å². The van der Waals surface area contributed by atoms with Crippen LogP contribution in [-0.2, 0) is 0 Å². The van der Waals surface area contributed by atoms with E-state index in [9.17, 15) is 4.79 Å². The summed E-state index contributed by atoms with van der Waals surface area (Å²) in [6.45, 7) is 4.58. The highest BCUT2D eigenvalue weighted by Gasteiger charge is 2.24. The molecule has 0 N–H and O–H groups in total. The molecule has 6 nitrogen and oxygen atoms in total. The van der Waals surface area contributed by atoms with Gasteiger partial charge in [0.1, 0.15) is 28.8 Å². The fourth-order valence-corrected chi connectivity index (χ4v) is 4.70. The Hall–Kier alpha value is -2.42. The topological polar surface area (TPSA) is 54.9 Å². The van der Waals surface area contributed by atoms with Crippen LogP contribution in [-0.4, -0.2) is 67.1 Å². The second-order valence-electron chi connectivity index (χ2n) is 6.71. The predicted octanol–water partition coefficient (Wildman–Crippen LogP) is 3.72. The lowest BCUT2D eigenvalue weighted by molar-refractivity contribution is 0.0615. The number of thiophene rings is 1. The fourth-order valence-electron chi connectivity index (χ4n) is 3.19. The number of rotatable bonds is 7. The van der Waals surface area contributed by atoms with Gasteiger partial charge in [-0.15, -0.1) is 11.3 Å². The molecule has 0 unspecified atom stereocenters. The SMILES string of the molecule is COc1ccc(OCCN2CCN(C(=O)c3csc(-c4ccsc4)n3)CC2)cc1. The average molecular weight is 430 g/mol. The maximum absolute atomic E-state index is 12.8. The molecule has 1 aliphatic rings. The summed E-state index contributed by atoms with van der Waals surface area (Å²) in [6.07, 6.45) is 0. The molecule has 152 valence electrons. The Balaban J connectivity index is 1.22. The van der Waals surface area contributed by atoms with Crippen molar-refractivity contribution in [2.45, 2.75) is 0 Å². The summed E-state index contributed by atoms with van der Waals surface area (Å²) in [6, 6.07) is 9.63. The number of piperazine rings is 1. The highest BCUT2D eigenvalue weighted by atomic mass is 32.1. The maximum Gasteiger partial charge on any atom is 0.273 e. The van der Waals surface area contributed by atoms with Crippen LogP contribution in [0.3, 0.4) is 0 Å². The van der Waals surface area contributed by atoms with Gasteiger partial charge in [0.05, 0.1) is 7.11 Å². The molecule has 0 atom stereocenters. The van der Waals surface area contributed by atoms with Crippen LogP contribution in [0, 0.1) is 0 Å². The number of carbonyl (C=O) groups excluding carboxylic acids is 1. The van der Waals surface area contributed by atoms with Gasteiger partial charge in [-0.3, -0.25) is 9.69 Å². The highest BCUT2D eigenvalue weighted by molar-refractivity contribution is 7.14. The molecule has 0 radical (unpaired) electrons. The average Bonchev–Trinajstić information content (AvgIpc) is 3.46. The molecule has 1 saturated heterocycles. The molecular formula is C21H23N3O3S2. The van der Waals surface area contributed by atoms with E-state index in [2.05, 4.69) is 15.3 Å². The minimum absolute atomic E-state index is 0.0249. The van der Waals surface area contributed by atoms with Gasteiger partial charge < -0.3 is 14.4 Å². The fraction of sp³-hybridized carbons (Fsp3) is 0.333. The molecule has 0 saturated carbocycles. The van der Waals surface area contributed by atoms with E-state index in [0.717, 1.165) is 41.7 Å². The number of carbonyl (C=O) groups is 1. The molecule has 1 aliphatic heterocycles. The van der Waals surface area contributed by atoms with Crippen LogP contribution in [0.15, 0.2) is 46.5 Å². The van der Waals surface area contributed by atoms with E-state index < -0.39 is 0 Å². The first-order valence-electron chi connectivity index (χ1n) is 9.49. The minimum Gasteiger partial charge on any atom is -0.497 e. The third-order valence-corrected chi connectivity index (χ3v) is 6.46. The van der Waals surface area contributed by atoms with Crippen LogP contribution in [0.1, 0.15) is 10.5 Å². The Labute approximate surface area is 178 Å². The van der Waals surface area contributed by atoms with Gasteiger partial charge in [0.15, 0.2) is 0 Å². The van der Waals surface area contributed by atoms with Gasteiger partial charge in [-0.1, -0.05) is 0 Å². The summed E-state index contributed by atoms with van der Waals surface area (Å²) >= 11 is 3.16. The number of hydrogen-bond acceptors (Lipinski definition) is 7. The molecule has 4 rings (SSSR count). The largest absolute Gasteiger partial charge is 0.497 e. The molecule has 3 heterocycles. The molecule has 1 fully saturated rings. The van der Waals surface area contributed by atoms with Crippen LogP contribution in [0.5, 0.6) is 11.5 Å². The zero-order valence-electron chi connectivity index (χ0n) is 16.2. The van der Waals surface area contributed by atoms with Gasteiger partial charge in [-0.2, -0.15) is 11.3 Å². The van der Waals surface area contributed by atoms with E-state index in [0.29, 0.717) is 25.4 Å². The summed E-state index contributed by atoms with van der Waals surface area (Å²) in [7, 11) is 1.65. The van der Waals surface area contributed by atoms with Gasteiger partial charge >= 0.3 is 0 Å². The first-order valence-corrected chi connectivity index (χ1v) is 11.3. The molecular weight excluding hydrogens is 406 g/mol. The van der Waals surface area contributed by atoms with E-state index in [1.54, 1.807) is 18.4 Å². The normalized spacial score (nSPS) is 14.7. The first-order chi connectivity index (χ1) is 14.2. The maximum atomic E-state index is 12.8. The minimum atomic E-state index is 0.0249. The molecule has 8 heteroatoms. The number of ether oxygens (including phenoxy) is 2. The number of nitrogens with zero attached hydrogens (tertiary/aromatic N) is 3. The summed E-state index contributed by atoms with van der Waals surface area (Å²) < 4.78 is 11.0. The molecule has 29 heavy (non-hydrogen) atoms. The van der Waals surface area contributed by atoms with E-state index in [1.165, 1.54) is 11.3 Å². The first kappa shape index (κ1) is 19.9. The monoisotopic (exact) mass is 429 g/mol. The second kappa shape index (κ2) is 9.39. The van der Waals surface area contributed by atoms with Crippen LogP contribution in [0.25, 0.3) is 10.6 Å². The number of aromatic nitrogens is 1. The van der Waals surface area contributed by atoms with Crippen molar-refractivity contribution < 1.29 is 14.3 Å². The van der Waals surface area contributed by atoms with E-state index >= 15 is 0 Å². The number of amides is 1. The Morgan fingerprint density at radius 1 is 1.07 bits per heavy atom. The third kappa shape index (κ3) is 4.95. The van der Waals surface area contributed by atoms with Crippen molar-refractivity contribution in [3.63, 3.8) is 0 Å². The van der Waals surface area contributed by atoms with Crippen LogP contribution < -0.4 is 9.47 Å². The van der Waals surface area contributed by atoms with Crippen molar-refractivity contribution in [2.75, 3.05) is 46.4 Å². The molecule has 1 amide bonds. The molecule has 0 aliphatic carbocycles. The molecule has 0 bridgehead atoms. The van der Waals surface area contributed by atoms with E-state index in [1.807, 2.05) is 46.0 Å². The van der Waals surface area contributed by atoms with Crippen molar-refractivity contribution in [2.24, 2.45) is 0 Å². The lowest BCUT2D eigenvalue weighted by atomic mass is 10.3. The Kier molecular flexibility index (Phi) is 6.43. The number of methoxy groups -OCH3 is 1. The van der Waals surface area contributed by atoms with Gasteiger partial charge in [0.2, 0.25) is 0 Å². The molecule has 0 spiro atoms. The van der Waals surface area contributed by atoms with Crippen molar-refractivity contribution in [3.05, 3.63) is 52.2 Å². The summed E-state index contributed by atoms with van der Waals surface area (Å²) in [5.41, 5.74) is 1.63. The van der Waals surface area contributed by atoms with E-state index in [-0.39, 0.29) is 5.91 Å². The smallest absolute Gasteiger partial charge is 0.273 e.